The molecule has 0 saturated carbocycles. The number of alkyl halides is 1. The first kappa shape index (κ1) is 19.3. The van der Waals surface area contributed by atoms with E-state index in [1.807, 2.05) is 6.92 Å². The SMILES string of the molecule is CCOC(CCCCl)CCCC[Si](OC)(OC)OC. The van der Waals surface area contributed by atoms with Gasteiger partial charge in [0.05, 0.1) is 6.10 Å². The second-order valence-corrected chi connectivity index (χ2v) is 7.92. The fourth-order valence-electron chi connectivity index (χ4n) is 2.12. The third-order valence-corrected chi connectivity index (χ3v) is 6.35. The second-order valence-electron chi connectivity index (χ2n) is 4.45. The lowest BCUT2D eigenvalue weighted by molar-refractivity contribution is 0.0483. The second kappa shape index (κ2) is 12.1. The maximum Gasteiger partial charge on any atom is 0.500 e. The van der Waals surface area contributed by atoms with Crippen LogP contribution in [0, 0.1) is 0 Å². The summed E-state index contributed by atoms with van der Waals surface area (Å²) in [6.07, 6.45) is 5.57. The molecule has 0 N–H and O–H groups in total. The zero-order valence-electron chi connectivity index (χ0n) is 12.7. The molecule has 4 nitrogen and oxygen atoms in total. The molecule has 0 radical (unpaired) electrons. The number of hydrogen-bond acceptors (Lipinski definition) is 4. The molecule has 0 heterocycles. The Balaban J connectivity index is 3.91. The van der Waals surface area contributed by atoms with Crippen LogP contribution >= 0.6 is 11.6 Å². The van der Waals surface area contributed by atoms with Crippen molar-refractivity contribution in [1.29, 1.82) is 0 Å². The summed E-state index contributed by atoms with van der Waals surface area (Å²) < 4.78 is 21.9. The van der Waals surface area contributed by atoms with E-state index in [1.165, 1.54) is 0 Å². The largest absolute Gasteiger partial charge is 0.500 e. The Bertz CT molecular complexity index is 195. The molecule has 0 aromatic heterocycles. The molecular weight excluding hydrogens is 284 g/mol. The minimum Gasteiger partial charge on any atom is -0.379 e. The van der Waals surface area contributed by atoms with Gasteiger partial charge in [0.1, 0.15) is 0 Å². The van der Waals surface area contributed by atoms with E-state index in [9.17, 15) is 0 Å². The van der Waals surface area contributed by atoms with Crippen LogP contribution in [0.3, 0.4) is 0 Å². The first-order valence-electron chi connectivity index (χ1n) is 7.01. The molecule has 0 bridgehead atoms. The van der Waals surface area contributed by atoms with E-state index < -0.39 is 8.80 Å². The van der Waals surface area contributed by atoms with Crippen molar-refractivity contribution < 1.29 is 18.0 Å². The topological polar surface area (TPSA) is 36.9 Å². The Hall–Kier alpha value is 0.347. The van der Waals surface area contributed by atoms with Gasteiger partial charge in [-0.3, -0.25) is 0 Å². The molecule has 0 aromatic rings. The van der Waals surface area contributed by atoms with Gasteiger partial charge in [0.15, 0.2) is 0 Å². The van der Waals surface area contributed by atoms with Gasteiger partial charge in [-0.05, 0) is 32.6 Å². The van der Waals surface area contributed by atoms with Crippen LogP contribution in [0.2, 0.25) is 6.04 Å². The first-order valence-corrected chi connectivity index (χ1v) is 9.47. The predicted octanol–water partition coefficient (Wildman–Crippen LogP) is 3.46. The molecule has 1 atom stereocenters. The van der Waals surface area contributed by atoms with Crippen molar-refractivity contribution >= 4 is 20.4 Å². The van der Waals surface area contributed by atoms with E-state index in [0.717, 1.165) is 44.8 Å². The average molecular weight is 313 g/mol. The van der Waals surface area contributed by atoms with Gasteiger partial charge in [0.2, 0.25) is 0 Å². The number of halogens is 1. The Morgan fingerprint density at radius 2 is 1.53 bits per heavy atom. The molecule has 0 fully saturated rings. The van der Waals surface area contributed by atoms with Gasteiger partial charge in [0, 0.05) is 39.9 Å². The van der Waals surface area contributed by atoms with Crippen molar-refractivity contribution in [3.05, 3.63) is 0 Å². The molecule has 0 spiro atoms. The highest BCUT2D eigenvalue weighted by Crippen LogP contribution is 2.19. The maximum absolute atomic E-state index is 5.72. The van der Waals surface area contributed by atoms with Crippen molar-refractivity contribution in [2.45, 2.75) is 51.2 Å². The first-order chi connectivity index (χ1) is 9.17. The van der Waals surface area contributed by atoms with Gasteiger partial charge in [0.25, 0.3) is 0 Å². The van der Waals surface area contributed by atoms with Crippen LogP contribution in [0.4, 0.5) is 0 Å². The smallest absolute Gasteiger partial charge is 0.379 e. The fourth-order valence-corrected chi connectivity index (χ4v) is 4.07. The molecule has 19 heavy (non-hydrogen) atoms. The Labute approximate surface area is 124 Å². The van der Waals surface area contributed by atoms with Crippen molar-refractivity contribution in [3.8, 4) is 0 Å². The molecule has 0 saturated heterocycles. The standard InChI is InChI=1S/C13H29ClO4Si/c1-5-18-13(10-8-11-14)9-6-7-12-19(15-2,16-3)17-4/h13H,5-12H2,1-4H3. The summed E-state index contributed by atoms with van der Waals surface area (Å²) in [4.78, 5) is 0. The predicted molar refractivity (Wildman–Crippen MR) is 80.8 cm³/mol. The summed E-state index contributed by atoms with van der Waals surface area (Å²) in [5.41, 5.74) is 0. The molecule has 0 aliphatic heterocycles. The normalized spacial score (nSPS) is 13.7. The summed E-state index contributed by atoms with van der Waals surface area (Å²) in [5.74, 6) is 0.705. The zero-order chi connectivity index (χ0) is 14.6. The number of unbranched alkanes of at least 4 members (excludes halogenated alkanes) is 1. The van der Waals surface area contributed by atoms with Crippen LogP contribution < -0.4 is 0 Å². The van der Waals surface area contributed by atoms with E-state index in [0.29, 0.717) is 12.0 Å². The molecule has 0 amide bonds. The molecule has 0 aliphatic carbocycles. The lowest BCUT2D eigenvalue weighted by atomic mass is 10.1. The third-order valence-electron chi connectivity index (χ3n) is 3.25. The zero-order valence-corrected chi connectivity index (χ0v) is 14.5. The highest BCUT2D eigenvalue weighted by Gasteiger charge is 2.36. The van der Waals surface area contributed by atoms with Crippen LogP contribution in [0.15, 0.2) is 0 Å². The molecule has 1 unspecified atom stereocenters. The third kappa shape index (κ3) is 8.27. The lowest BCUT2D eigenvalue weighted by Crippen LogP contribution is -2.42. The summed E-state index contributed by atoms with van der Waals surface area (Å²) in [6.45, 7) is 2.80. The molecule has 0 aliphatic rings. The van der Waals surface area contributed by atoms with Gasteiger partial charge in [-0.15, -0.1) is 11.6 Å². The molecule has 116 valence electrons. The average Bonchev–Trinajstić information content (AvgIpc) is 2.45. The highest BCUT2D eigenvalue weighted by atomic mass is 35.5. The summed E-state index contributed by atoms with van der Waals surface area (Å²) >= 11 is 5.72. The quantitative estimate of drug-likeness (QED) is 0.296. The van der Waals surface area contributed by atoms with E-state index in [1.54, 1.807) is 21.3 Å². The lowest BCUT2D eigenvalue weighted by Gasteiger charge is -2.24. The molecule has 0 aromatic carbocycles. The Morgan fingerprint density at radius 1 is 0.947 bits per heavy atom. The van der Waals surface area contributed by atoms with Crippen LogP contribution in [-0.2, 0) is 18.0 Å². The van der Waals surface area contributed by atoms with E-state index >= 15 is 0 Å². The van der Waals surface area contributed by atoms with Crippen molar-refractivity contribution in [3.63, 3.8) is 0 Å². The molecular formula is C13H29ClO4Si. The van der Waals surface area contributed by atoms with Crippen LogP contribution in [-0.4, -0.2) is 48.7 Å². The van der Waals surface area contributed by atoms with Crippen molar-refractivity contribution in [2.24, 2.45) is 0 Å². The van der Waals surface area contributed by atoms with E-state index in [4.69, 9.17) is 29.6 Å². The van der Waals surface area contributed by atoms with E-state index in [-0.39, 0.29) is 0 Å². The van der Waals surface area contributed by atoms with Gasteiger partial charge < -0.3 is 18.0 Å². The Kier molecular flexibility index (Phi) is 12.3. The number of rotatable bonds is 13. The van der Waals surface area contributed by atoms with Crippen LogP contribution in [0.25, 0.3) is 0 Å². The maximum atomic E-state index is 5.72. The molecule has 6 heteroatoms. The fraction of sp³-hybridized carbons (Fsp3) is 1.00. The van der Waals surface area contributed by atoms with Gasteiger partial charge in [-0.25, -0.2) is 0 Å². The van der Waals surface area contributed by atoms with Gasteiger partial charge in [-0.2, -0.15) is 0 Å². The highest BCUT2D eigenvalue weighted by molar-refractivity contribution is 6.60. The van der Waals surface area contributed by atoms with Crippen LogP contribution in [0.5, 0.6) is 0 Å². The minimum atomic E-state index is -2.40. The monoisotopic (exact) mass is 312 g/mol. The Morgan fingerprint density at radius 3 is 2.00 bits per heavy atom. The van der Waals surface area contributed by atoms with Gasteiger partial charge in [-0.1, -0.05) is 6.42 Å². The van der Waals surface area contributed by atoms with E-state index in [2.05, 4.69) is 0 Å². The molecule has 0 rings (SSSR count). The van der Waals surface area contributed by atoms with Crippen molar-refractivity contribution in [1.82, 2.24) is 0 Å². The number of ether oxygens (including phenoxy) is 1. The number of hydrogen-bond donors (Lipinski definition) is 0. The summed E-state index contributed by atoms with van der Waals surface area (Å²) in [6, 6.07) is 0.852. The minimum absolute atomic E-state index is 0.326. The van der Waals surface area contributed by atoms with Crippen molar-refractivity contribution in [2.75, 3.05) is 33.8 Å². The van der Waals surface area contributed by atoms with Crippen LogP contribution in [0.1, 0.15) is 39.0 Å². The summed E-state index contributed by atoms with van der Waals surface area (Å²) in [7, 11) is 2.57. The summed E-state index contributed by atoms with van der Waals surface area (Å²) in [5, 5.41) is 0. The van der Waals surface area contributed by atoms with Gasteiger partial charge >= 0.3 is 8.80 Å².